The average molecular weight is 323 g/mol. The number of likely N-dealkylation sites (tertiary alicyclic amines) is 1. The van der Waals surface area contributed by atoms with Gasteiger partial charge < -0.3 is 19.7 Å². The first-order valence-electron chi connectivity index (χ1n) is 7.98. The zero-order chi connectivity index (χ0) is 16.8. The van der Waals surface area contributed by atoms with E-state index < -0.39 is 18.0 Å². The van der Waals surface area contributed by atoms with Crippen molar-refractivity contribution >= 4 is 5.97 Å². The van der Waals surface area contributed by atoms with E-state index in [2.05, 4.69) is 0 Å². The quantitative estimate of drug-likeness (QED) is 0.794. The summed E-state index contributed by atoms with van der Waals surface area (Å²) < 4.78 is 11.3. The monoisotopic (exact) mass is 323 g/mol. The van der Waals surface area contributed by atoms with Crippen molar-refractivity contribution in [1.82, 2.24) is 4.90 Å². The molecule has 1 saturated heterocycles. The molecule has 1 aromatic carbocycles. The van der Waals surface area contributed by atoms with Gasteiger partial charge in [-0.2, -0.15) is 0 Å². The lowest BCUT2D eigenvalue weighted by Gasteiger charge is -2.33. The summed E-state index contributed by atoms with van der Waals surface area (Å²) in [7, 11) is 0. The topological polar surface area (TPSA) is 79.2 Å². The van der Waals surface area contributed by atoms with E-state index in [0.29, 0.717) is 32.7 Å². The summed E-state index contributed by atoms with van der Waals surface area (Å²) >= 11 is 0. The van der Waals surface area contributed by atoms with Gasteiger partial charge in [-0.15, -0.1) is 0 Å². The number of aliphatic hydroxyl groups excluding tert-OH is 1. The third kappa shape index (κ3) is 5.41. The standard InChI is InChI=1S/C17H25NO5/c1-12(2)23-14-5-3-13(4-6-14)22-10-9-18-8-7-16(19)15(11-18)17(20)21/h3-6,12,15-16,19H,7-11H2,1-2H3,(H,20,21)/t15-,16-/m0/s1. The summed E-state index contributed by atoms with van der Waals surface area (Å²) in [6.45, 7) is 6.12. The smallest absolute Gasteiger partial charge is 0.310 e. The van der Waals surface area contributed by atoms with Gasteiger partial charge in [0.05, 0.1) is 18.1 Å². The van der Waals surface area contributed by atoms with E-state index in [1.807, 2.05) is 43.0 Å². The second-order valence-corrected chi connectivity index (χ2v) is 6.09. The van der Waals surface area contributed by atoms with Crippen molar-refractivity contribution < 1.29 is 24.5 Å². The Morgan fingerprint density at radius 1 is 1.30 bits per heavy atom. The van der Waals surface area contributed by atoms with Crippen molar-refractivity contribution in [3.05, 3.63) is 24.3 Å². The number of nitrogens with zero attached hydrogens (tertiary/aromatic N) is 1. The molecule has 6 heteroatoms. The zero-order valence-corrected chi connectivity index (χ0v) is 13.6. The molecule has 2 N–H and O–H groups in total. The van der Waals surface area contributed by atoms with Crippen LogP contribution >= 0.6 is 0 Å². The second kappa shape index (κ2) is 8.17. The minimum absolute atomic E-state index is 0.137. The van der Waals surface area contributed by atoms with Crippen LogP contribution in [-0.4, -0.2) is 59.5 Å². The van der Waals surface area contributed by atoms with Gasteiger partial charge in [-0.05, 0) is 44.5 Å². The van der Waals surface area contributed by atoms with E-state index in [1.165, 1.54) is 0 Å². The molecule has 2 rings (SSSR count). The summed E-state index contributed by atoms with van der Waals surface area (Å²) in [5.41, 5.74) is 0. The maximum atomic E-state index is 11.1. The van der Waals surface area contributed by atoms with Crippen molar-refractivity contribution in [1.29, 1.82) is 0 Å². The number of hydrogen-bond donors (Lipinski definition) is 2. The molecule has 0 radical (unpaired) electrons. The number of hydrogen-bond acceptors (Lipinski definition) is 5. The molecular formula is C17H25NO5. The zero-order valence-electron chi connectivity index (χ0n) is 13.6. The Labute approximate surface area is 136 Å². The number of carboxylic acid groups (broad SMARTS) is 1. The summed E-state index contributed by atoms with van der Waals surface area (Å²) in [4.78, 5) is 13.1. The van der Waals surface area contributed by atoms with Crippen LogP contribution in [0.25, 0.3) is 0 Å². The van der Waals surface area contributed by atoms with Gasteiger partial charge in [-0.3, -0.25) is 9.69 Å². The molecule has 0 saturated carbocycles. The lowest BCUT2D eigenvalue weighted by Crippen LogP contribution is -2.47. The molecule has 23 heavy (non-hydrogen) atoms. The van der Waals surface area contributed by atoms with Crippen molar-refractivity contribution in [2.24, 2.45) is 5.92 Å². The molecule has 1 aliphatic rings. The number of carboxylic acids is 1. The Balaban J connectivity index is 1.75. The molecule has 1 heterocycles. The predicted molar refractivity (Wildman–Crippen MR) is 85.9 cm³/mol. The molecule has 0 bridgehead atoms. The van der Waals surface area contributed by atoms with Gasteiger partial charge in [0.15, 0.2) is 0 Å². The minimum Gasteiger partial charge on any atom is -0.492 e. The van der Waals surface area contributed by atoms with Crippen molar-refractivity contribution in [3.8, 4) is 11.5 Å². The highest BCUT2D eigenvalue weighted by molar-refractivity contribution is 5.71. The number of carbonyl (C=O) groups is 1. The molecule has 0 aromatic heterocycles. The van der Waals surface area contributed by atoms with E-state index in [-0.39, 0.29) is 6.10 Å². The number of aliphatic hydroxyl groups is 1. The van der Waals surface area contributed by atoms with Crippen molar-refractivity contribution in [3.63, 3.8) is 0 Å². The minimum atomic E-state index is -0.941. The van der Waals surface area contributed by atoms with Crippen LogP contribution in [0.4, 0.5) is 0 Å². The maximum absolute atomic E-state index is 11.1. The van der Waals surface area contributed by atoms with Gasteiger partial charge in [0.25, 0.3) is 0 Å². The first kappa shape index (κ1) is 17.6. The second-order valence-electron chi connectivity index (χ2n) is 6.09. The number of benzene rings is 1. The number of aliphatic carboxylic acids is 1. The molecule has 128 valence electrons. The van der Waals surface area contributed by atoms with Crippen LogP contribution in [0.2, 0.25) is 0 Å². The van der Waals surface area contributed by atoms with Gasteiger partial charge in [0, 0.05) is 19.6 Å². The van der Waals surface area contributed by atoms with Crippen LogP contribution in [0.15, 0.2) is 24.3 Å². The van der Waals surface area contributed by atoms with E-state index >= 15 is 0 Å². The average Bonchev–Trinajstić information content (AvgIpc) is 2.50. The van der Waals surface area contributed by atoms with E-state index in [9.17, 15) is 9.90 Å². The SMILES string of the molecule is CC(C)Oc1ccc(OCCN2CC[C@H](O)[C@@H](C(=O)O)C2)cc1. The van der Waals surface area contributed by atoms with E-state index in [0.717, 1.165) is 11.5 Å². The summed E-state index contributed by atoms with van der Waals surface area (Å²) in [6, 6.07) is 7.45. The van der Waals surface area contributed by atoms with Crippen LogP contribution in [0.5, 0.6) is 11.5 Å². The van der Waals surface area contributed by atoms with Gasteiger partial charge in [-0.1, -0.05) is 0 Å². The van der Waals surface area contributed by atoms with Gasteiger partial charge in [-0.25, -0.2) is 0 Å². The molecular weight excluding hydrogens is 298 g/mol. The van der Waals surface area contributed by atoms with Crippen LogP contribution < -0.4 is 9.47 Å². The fourth-order valence-corrected chi connectivity index (χ4v) is 2.63. The predicted octanol–water partition coefficient (Wildman–Crippen LogP) is 1.62. The third-order valence-electron chi connectivity index (χ3n) is 3.85. The molecule has 0 spiro atoms. The van der Waals surface area contributed by atoms with Gasteiger partial charge in [0.2, 0.25) is 0 Å². The largest absolute Gasteiger partial charge is 0.492 e. The molecule has 0 unspecified atom stereocenters. The Kier molecular flexibility index (Phi) is 6.24. The molecule has 1 fully saturated rings. The number of rotatable bonds is 7. The highest BCUT2D eigenvalue weighted by Gasteiger charge is 2.32. The molecule has 2 atom stereocenters. The summed E-state index contributed by atoms with van der Waals surface area (Å²) in [6.07, 6.45) is -0.130. The maximum Gasteiger partial charge on any atom is 0.310 e. The first-order chi connectivity index (χ1) is 11.0. The normalized spacial score (nSPS) is 22.1. The molecule has 0 amide bonds. The van der Waals surface area contributed by atoms with Gasteiger partial charge in [0.1, 0.15) is 18.1 Å². The number of piperidine rings is 1. The molecule has 0 aliphatic carbocycles. The Hall–Kier alpha value is -1.79. The van der Waals surface area contributed by atoms with Crippen LogP contribution in [-0.2, 0) is 4.79 Å². The Morgan fingerprint density at radius 3 is 2.57 bits per heavy atom. The van der Waals surface area contributed by atoms with Crippen molar-refractivity contribution in [2.45, 2.75) is 32.5 Å². The molecule has 1 aliphatic heterocycles. The van der Waals surface area contributed by atoms with Crippen LogP contribution in [0.1, 0.15) is 20.3 Å². The fourth-order valence-electron chi connectivity index (χ4n) is 2.63. The summed E-state index contributed by atoms with van der Waals surface area (Å²) in [5, 5.41) is 18.8. The highest BCUT2D eigenvalue weighted by atomic mass is 16.5. The van der Waals surface area contributed by atoms with E-state index in [4.69, 9.17) is 14.6 Å². The summed E-state index contributed by atoms with van der Waals surface area (Å²) in [5.74, 6) is -0.0883. The van der Waals surface area contributed by atoms with E-state index in [1.54, 1.807) is 0 Å². The van der Waals surface area contributed by atoms with Crippen LogP contribution in [0.3, 0.4) is 0 Å². The van der Waals surface area contributed by atoms with Crippen LogP contribution in [0, 0.1) is 5.92 Å². The first-order valence-corrected chi connectivity index (χ1v) is 7.98. The van der Waals surface area contributed by atoms with Gasteiger partial charge >= 0.3 is 5.97 Å². The van der Waals surface area contributed by atoms with Crippen molar-refractivity contribution in [2.75, 3.05) is 26.2 Å². The molecule has 6 nitrogen and oxygen atoms in total. The lowest BCUT2D eigenvalue weighted by molar-refractivity contribution is -0.148. The third-order valence-corrected chi connectivity index (χ3v) is 3.85. The molecule has 1 aromatic rings. The number of ether oxygens (including phenoxy) is 2. The Morgan fingerprint density at radius 2 is 1.96 bits per heavy atom. The lowest BCUT2D eigenvalue weighted by atomic mass is 9.95. The fraction of sp³-hybridized carbons (Fsp3) is 0.588. The highest BCUT2D eigenvalue weighted by Crippen LogP contribution is 2.20. The Bertz CT molecular complexity index is 502.